The van der Waals surface area contributed by atoms with Crippen molar-refractivity contribution in [2.24, 2.45) is 10.9 Å². The fourth-order valence-corrected chi connectivity index (χ4v) is 2.05. The Balaban J connectivity index is 0.00000220. The van der Waals surface area contributed by atoms with Gasteiger partial charge in [-0.2, -0.15) is 0 Å². The Morgan fingerprint density at radius 2 is 1.95 bits per heavy atom. The number of rotatable bonds is 7. The van der Waals surface area contributed by atoms with Crippen molar-refractivity contribution in [2.45, 2.75) is 32.9 Å². The Morgan fingerprint density at radius 1 is 1.24 bits per heavy atom. The third-order valence-corrected chi connectivity index (χ3v) is 3.51. The summed E-state index contributed by atoms with van der Waals surface area (Å²) in [5, 5.41) is 6.74. The SMILES string of the molecule is CCOCc1ccccc1CNC(=NC)NCC1CC1.I. The van der Waals surface area contributed by atoms with Crippen LogP contribution in [-0.2, 0) is 17.9 Å². The first-order valence-electron chi connectivity index (χ1n) is 7.42. The first-order chi connectivity index (χ1) is 9.83. The summed E-state index contributed by atoms with van der Waals surface area (Å²) in [5.74, 6) is 1.72. The van der Waals surface area contributed by atoms with E-state index in [9.17, 15) is 0 Å². The third-order valence-electron chi connectivity index (χ3n) is 3.51. The molecule has 0 saturated heterocycles. The first-order valence-corrected chi connectivity index (χ1v) is 7.42. The topological polar surface area (TPSA) is 45.6 Å². The summed E-state index contributed by atoms with van der Waals surface area (Å²) in [7, 11) is 1.81. The van der Waals surface area contributed by atoms with E-state index in [1.807, 2.05) is 14.0 Å². The monoisotopic (exact) mass is 403 g/mol. The number of guanidine groups is 1. The maximum absolute atomic E-state index is 5.51. The molecular weight excluding hydrogens is 377 g/mol. The van der Waals surface area contributed by atoms with E-state index >= 15 is 0 Å². The molecule has 1 aromatic carbocycles. The maximum Gasteiger partial charge on any atom is 0.191 e. The van der Waals surface area contributed by atoms with Gasteiger partial charge < -0.3 is 15.4 Å². The molecule has 0 atom stereocenters. The molecule has 0 amide bonds. The molecule has 0 aliphatic heterocycles. The second kappa shape index (κ2) is 10.00. The van der Waals surface area contributed by atoms with E-state index in [4.69, 9.17) is 4.74 Å². The zero-order valence-corrected chi connectivity index (χ0v) is 15.2. The first kappa shape index (κ1) is 18.2. The Bertz CT molecular complexity index is 447. The van der Waals surface area contributed by atoms with Crippen LogP contribution in [0.5, 0.6) is 0 Å². The molecule has 0 spiro atoms. The Morgan fingerprint density at radius 3 is 2.57 bits per heavy atom. The van der Waals surface area contributed by atoms with Crippen molar-refractivity contribution in [1.82, 2.24) is 10.6 Å². The second-order valence-electron chi connectivity index (χ2n) is 5.16. The van der Waals surface area contributed by atoms with Crippen LogP contribution in [0.15, 0.2) is 29.3 Å². The summed E-state index contributed by atoms with van der Waals surface area (Å²) < 4.78 is 5.51. The third kappa shape index (κ3) is 6.65. The Kier molecular flexibility index (Phi) is 8.68. The summed E-state index contributed by atoms with van der Waals surface area (Å²) >= 11 is 0. The lowest BCUT2D eigenvalue weighted by molar-refractivity contribution is 0.133. The quantitative estimate of drug-likeness (QED) is 0.418. The molecule has 2 rings (SSSR count). The fourth-order valence-electron chi connectivity index (χ4n) is 2.05. The van der Waals surface area contributed by atoms with E-state index < -0.39 is 0 Å². The smallest absolute Gasteiger partial charge is 0.191 e. The zero-order chi connectivity index (χ0) is 14.2. The van der Waals surface area contributed by atoms with E-state index in [0.29, 0.717) is 6.61 Å². The normalized spacial score (nSPS) is 14.5. The molecule has 0 unspecified atom stereocenters. The van der Waals surface area contributed by atoms with Gasteiger partial charge in [-0.05, 0) is 36.8 Å². The van der Waals surface area contributed by atoms with Crippen LogP contribution in [0.2, 0.25) is 0 Å². The summed E-state index contributed by atoms with van der Waals surface area (Å²) in [6.07, 6.45) is 2.70. The van der Waals surface area contributed by atoms with Crippen molar-refractivity contribution >= 4 is 29.9 Å². The average molecular weight is 403 g/mol. The predicted molar refractivity (Wildman–Crippen MR) is 98.1 cm³/mol. The van der Waals surface area contributed by atoms with Crippen LogP contribution in [0.25, 0.3) is 0 Å². The predicted octanol–water partition coefficient (Wildman–Crippen LogP) is 2.92. The molecule has 1 fully saturated rings. The molecule has 0 radical (unpaired) electrons. The lowest BCUT2D eigenvalue weighted by Crippen LogP contribution is -2.38. The highest BCUT2D eigenvalue weighted by Crippen LogP contribution is 2.27. The molecule has 1 aliphatic carbocycles. The lowest BCUT2D eigenvalue weighted by Gasteiger charge is -2.14. The minimum Gasteiger partial charge on any atom is -0.377 e. The van der Waals surface area contributed by atoms with Crippen LogP contribution in [-0.4, -0.2) is 26.2 Å². The van der Waals surface area contributed by atoms with Crippen LogP contribution >= 0.6 is 24.0 Å². The van der Waals surface area contributed by atoms with Gasteiger partial charge in [0.2, 0.25) is 0 Å². The Hall–Kier alpha value is -0.820. The summed E-state index contributed by atoms with van der Waals surface area (Å²) in [4.78, 5) is 4.26. The van der Waals surface area contributed by atoms with E-state index in [1.54, 1.807) is 0 Å². The largest absolute Gasteiger partial charge is 0.377 e. The molecule has 0 bridgehead atoms. The van der Waals surface area contributed by atoms with Gasteiger partial charge in [-0.1, -0.05) is 24.3 Å². The molecule has 5 heteroatoms. The van der Waals surface area contributed by atoms with Crippen LogP contribution in [0.3, 0.4) is 0 Å². The van der Waals surface area contributed by atoms with Gasteiger partial charge in [0.15, 0.2) is 5.96 Å². The van der Waals surface area contributed by atoms with Crippen molar-refractivity contribution in [3.05, 3.63) is 35.4 Å². The van der Waals surface area contributed by atoms with Crippen LogP contribution in [0, 0.1) is 5.92 Å². The standard InChI is InChI=1S/C16H25N3O.HI/c1-3-20-12-15-7-5-4-6-14(15)11-19-16(17-2)18-10-13-8-9-13;/h4-7,13H,3,8-12H2,1-2H3,(H2,17,18,19);1H. The molecule has 2 N–H and O–H groups in total. The summed E-state index contributed by atoms with van der Waals surface area (Å²) in [6.45, 7) is 5.23. The van der Waals surface area contributed by atoms with E-state index in [2.05, 4.69) is 39.9 Å². The highest BCUT2D eigenvalue weighted by molar-refractivity contribution is 14.0. The van der Waals surface area contributed by atoms with E-state index in [1.165, 1.54) is 24.0 Å². The van der Waals surface area contributed by atoms with Gasteiger partial charge in [-0.3, -0.25) is 4.99 Å². The molecular formula is C16H26IN3O. The molecule has 1 saturated carbocycles. The van der Waals surface area contributed by atoms with Crippen LogP contribution < -0.4 is 10.6 Å². The molecule has 0 aromatic heterocycles. The highest BCUT2D eigenvalue weighted by Gasteiger charge is 2.21. The number of aliphatic imine (C=N–C) groups is 1. The van der Waals surface area contributed by atoms with Crippen molar-refractivity contribution in [1.29, 1.82) is 0 Å². The number of benzene rings is 1. The second-order valence-corrected chi connectivity index (χ2v) is 5.16. The summed E-state index contributed by atoms with van der Waals surface area (Å²) in [5.41, 5.74) is 2.50. The zero-order valence-electron chi connectivity index (χ0n) is 12.9. The van der Waals surface area contributed by atoms with Crippen molar-refractivity contribution < 1.29 is 4.74 Å². The van der Waals surface area contributed by atoms with Crippen LogP contribution in [0.4, 0.5) is 0 Å². The number of hydrogen-bond donors (Lipinski definition) is 2. The fraction of sp³-hybridized carbons (Fsp3) is 0.562. The maximum atomic E-state index is 5.51. The van der Waals surface area contributed by atoms with Gasteiger partial charge in [-0.15, -0.1) is 24.0 Å². The number of hydrogen-bond acceptors (Lipinski definition) is 2. The molecule has 118 valence electrons. The van der Waals surface area contributed by atoms with Crippen molar-refractivity contribution in [3.8, 4) is 0 Å². The number of ether oxygens (including phenoxy) is 1. The molecule has 4 nitrogen and oxygen atoms in total. The van der Waals surface area contributed by atoms with E-state index in [-0.39, 0.29) is 24.0 Å². The Labute approximate surface area is 144 Å². The molecule has 21 heavy (non-hydrogen) atoms. The minimum atomic E-state index is 0. The van der Waals surface area contributed by atoms with Crippen LogP contribution in [0.1, 0.15) is 30.9 Å². The van der Waals surface area contributed by atoms with Gasteiger partial charge in [0.25, 0.3) is 0 Å². The van der Waals surface area contributed by atoms with Gasteiger partial charge in [0.05, 0.1) is 6.61 Å². The van der Waals surface area contributed by atoms with E-state index in [0.717, 1.165) is 31.6 Å². The van der Waals surface area contributed by atoms with Gasteiger partial charge >= 0.3 is 0 Å². The molecule has 0 heterocycles. The van der Waals surface area contributed by atoms with Gasteiger partial charge in [0.1, 0.15) is 0 Å². The van der Waals surface area contributed by atoms with Crippen molar-refractivity contribution in [3.63, 3.8) is 0 Å². The average Bonchev–Trinajstić information content (AvgIpc) is 3.30. The summed E-state index contributed by atoms with van der Waals surface area (Å²) in [6, 6.07) is 8.37. The number of nitrogens with one attached hydrogen (secondary N) is 2. The van der Waals surface area contributed by atoms with Gasteiger partial charge in [-0.25, -0.2) is 0 Å². The van der Waals surface area contributed by atoms with Crippen molar-refractivity contribution in [2.75, 3.05) is 20.2 Å². The number of halogens is 1. The number of nitrogens with zero attached hydrogens (tertiary/aromatic N) is 1. The lowest BCUT2D eigenvalue weighted by atomic mass is 10.1. The highest BCUT2D eigenvalue weighted by atomic mass is 127. The molecule has 1 aliphatic rings. The van der Waals surface area contributed by atoms with Gasteiger partial charge in [0, 0.05) is 26.7 Å². The molecule has 1 aromatic rings. The minimum absolute atomic E-state index is 0.